The highest BCUT2D eigenvalue weighted by atomic mass is 16.7. The van der Waals surface area contributed by atoms with Crippen molar-refractivity contribution in [2.24, 2.45) is 0 Å². The predicted molar refractivity (Wildman–Crippen MR) is 104 cm³/mol. The Morgan fingerprint density at radius 3 is 2.54 bits per heavy atom. The highest BCUT2D eigenvalue weighted by Gasteiger charge is 2.48. The van der Waals surface area contributed by atoms with Crippen molar-refractivity contribution in [3.8, 4) is 11.5 Å². The second kappa shape index (κ2) is 6.79. The number of hydrogen-bond donors (Lipinski definition) is 2. The van der Waals surface area contributed by atoms with E-state index < -0.39 is 5.60 Å². The monoisotopic (exact) mass is 380 g/mol. The molecule has 0 aliphatic carbocycles. The first kappa shape index (κ1) is 17.5. The molecule has 28 heavy (non-hydrogen) atoms. The van der Waals surface area contributed by atoms with Crippen LogP contribution in [0.3, 0.4) is 0 Å². The summed E-state index contributed by atoms with van der Waals surface area (Å²) >= 11 is 0. The molecule has 146 valence electrons. The summed E-state index contributed by atoms with van der Waals surface area (Å²) in [6.07, 6.45) is 3.39. The molecule has 2 bridgehead atoms. The second-order valence-corrected chi connectivity index (χ2v) is 7.98. The minimum absolute atomic E-state index is 0.0408. The van der Waals surface area contributed by atoms with Crippen molar-refractivity contribution in [2.75, 3.05) is 18.7 Å². The minimum atomic E-state index is -0.794. The molecule has 2 fully saturated rings. The molecule has 3 atom stereocenters. The number of amides is 1. The third-order valence-electron chi connectivity index (χ3n) is 6.21. The molecule has 6 nitrogen and oxygen atoms in total. The number of anilines is 1. The van der Waals surface area contributed by atoms with E-state index in [4.69, 9.17) is 9.47 Å². The number of fused-ring (bicyclic) bond motifs is 3. The van der Waals surface area contributed by atoms with Gasteiger partial charge in [-0.15, -0.1) is 0 Å². The van der Waals surface area contributed by atoms with E-state index in [-0.39, 0.29) is 24.8 Å². The second-order valence-electron chi connectivity index (χ2n) is 7.98. The molecule has 1 amide bonds. The Balaban J connectivity index is 1.25. The maximum Gasteiger partial charge on any atom is 0.238 e. The minimum Gasteiger partial charge on any atom is -0.454 e. The molecule has 2 aromatic rings. The number of nitrogens with zero attached hydrogens (tertiary/aromatic N) is 1. The summed E-state index contributed by atoms with van der Waals surface area (Å²) < 4.78 is 10.7. The molecular weight excluding hydrogens is 356 g/mol. The third-order valence-corrected chi connectivity index (χ3v) is 6.21. The first-order valence-electron chi connectivity index (χ1n) is 9.84. The van der Waals surface area contributed by atoms with Crippen LogP contribution in [0.2, 0.25) is 0 Å². The maximum atomic E-state index is 12.6. The van der Waals surface area contributed by atoms with Crippen LogP contribution < -0.4 is 14.8 Å². The van der Waals surface area contributed by atoms with Crippen LogP contribution in [0.4, 0.5) is 5.69 Å². The summed E-state index contributed by atoms with van der Waals surface area (Å²) in [5, 5.41) is 14.2. The normalized spacial score (nSPS) is 28.3. The number of benzene rings is 2. The SMILES string of the molecule is O=C(CN1[C@@H]2CC[C@H]1CC(O)(c1ccccc1)C2)Nc1ccc2c(c1)OCO2. The Kier molecular flexibility index (Phi) is 4.25. The van der Waals surface area contributed by atoms with Crippen LogP contribution in [-0.4, -0.2) is 41.3 Å². The molecule has 0 radical (unpaired) electrons. The number of hydrogen-bond acceptors (Lipinski definition) is 5. The standard InChI is InChI=1S/C22H24N2O4/c25-21(23-16-6-9-19-20(10-16)28-14-27-19)13-24-17-7-8-18(24)12-22(26,11-17)15-4-2-1-3-5-15/h1-6,9-10,17-18,26H,7-8,11-14H2,(H,23,25)/t17-,18+,22?. The molecule has 1 unspecified atom stereocenters. The molecular formula is C22H24N2O4. The largest absolute Gasteiger partial charge is 0.454 e. The van der Waals surface area contributed by atoms with Gasteiger partial charge in [-0.05, 0) is 43.4 Å². The summed E-state index contributed by atoms with van der Waals surface area (Å²) in [6.45, 7) is 0.558. The van der Waals surface area contributed by atoms with Gasteiger partial charge in [0.25, 0.3) is 0 Å². The van der Waals surface area contributed by atoms with Gasteiger partial charge >= 0.3 is 0 Å². The fourth-order valence-corrected chi connectivity index (χ4v) is 4.90. The van der Waals surface area contributed by atoms with E-state index in [9.17, 15) is 9.90 Å². The maximum absolute atomic E-state index is 12.6. The first-order chi connectivity index (χ1) is 13.6. The van der Waals surface area contributed by atoms with Crippen molar-refractivity contribution in [1.29, 1.82) is 0 Å². The van der Waals surface area contributed by atoms with Gasteiger partial charge in [0.1, 0.15) is 0 Å². The van der Waals surface area contributed by atoms with Crippen LogP contribution in [0.5, 0.6) is 11.5 Å². The van der Waals surface area contributed by atoms with Crippen molar-refractivity contribution >= 4 is 11.6 Å². The van der Waals surface area contributed by atoms with Gasteiger partial charge in [0.05, 0.1) is 12.1 Å². The van der Waals surface area contributed by atoms with Crippen molar-refractivity contribution < 1.29 is 19.4 Å². The van der Waals surface area contributed by atoms with Crippen LogP contribution in [0.15, 0.2) is 48.5 Å². The van der Waals surface area contributed by atoms with Crippen LogP contribution in [0, 0.1) is 0 Å². The van der Waals surface area contributed by atoms with Gasteiger partial charge in [0.2, 0.25) is 12.7 Å². The topological polar surface area (TPSA) is 71.0 Å². The lowest BCUT2D eigenvalue weighted by Gasteiger charge is -2.43. The molecule has 5 rings (SSSR count). The van der Waals surface area contributed by atoms with Crippen molar-refractivity contribution in [2.45, 2.75) is 43.4 Å². The Bertz CT molecular complexity index is 871. The number of piperidine rings is 1. The van der Waals surface area contributed by atoms with Gasteiger partial charge in [0, 0.05) is 23.8 Å². The van der Waals surface area contributed by atoms with Gasteiger partial charge in [-0.2, -0.15) is 0 Å². The molecule has 3 heterocycles. The van der Waals surface area contributed by atoms with Gasteiger partial charge in [-0.1, -0.05) is 30.3 Å². The fraction of sp³-hybridized carbons (Fsp3) is 0.409. The molecule has 0 aromatic heterocycles. The summed E-state index contributed by atoms with van der Waals surface area (Å²) in [5.74, 6) is 1.32. The van der Waals surface area contributed by atoms with E-state index in [0.717, 1.165) is 18.4 Å². The molecule has 6 heteroatoms. The Morgan fingerprint density at radius 1 is 1.07 bits per heavy atom. The number of aliphatic hydroxyl groups is 1. The molecule has 0 saturated carbocycles. The number of nitrogens with one attached hydrogen (secondary N) is 1. The number of ether oxygens (including phenoxy) is 2. The molecule has 2 saturated heterocycles. The van der Waals surface area contributed by atoms with Crippen LogP contribution in [-0.2, 0) is 10.4 Å². The van der Waals surface area contributed by atoms with Crippen molar-refractivity contribution in [3.63, 3.8) is 0 Å². The zero-order chi connectivity index (χ0) is 19.1. The number of rotatable bonds is 4. The smallest absolute Gasteiger partial charge is 0.238 e. The van der Waals surface area contributed by atoms with Crippen molar-refractivity contribution in [3.05, 3.63) is 54.1 Å². The number of carbonyl (C=O) groups excluding carboxylic acids is 1. The van der Waals surface area contributed by atoms with E-state index in [1.807, 2.05) is 42.5 Å². The Hall–Kier alpha value is -2.57. The highest BCUT2D eigenvalue weighted by Crippen LogP contribution is 2.45. The third kappa shape index (κ3) is 3.12. The van der Waals surface area contributed by atoms with E-state index in [1.165, 1.54) is 0 Å². The lowest BCUT2D eigenvalue weighted by Crippen LogP contribution is -2.51. The average Bonchev–Trinajstić information content (AvgIpc) is 3.25. The zero-order valence-corrected chi connectivity index (χ0v) is 15.6. The van der Waals surface area contributed by atoms with E-state index >= 15 is 0 Å². The molecule has 0 spiro atoms. The van der Waals surface area contributed by atoms with Gasteiger partial charge < -0.3 is 19.9 Å². The summed E-state index contributed by atoms with van der Waals surface area (Å²) in [4.78, 5) is 14.9. The molecule has 3 aliphatic heterocycles. The molecule has 2 N–H and O–H groups in total. The summed E-state index contributed by atoms with van der Waals surface area (Å²) in [5.41, 5.74) is 0.896. The molecule has 3 aliphatic rings. The lowest BCUT2D eigenvalue weighted by molar-refractivity contribution is -0.121. The van der Waals surface area contributed by atoms with Crippen molar-refractivity contribution in [1.82, 2.24) is 4.90 Å². The lowest BCUT2D eigenvalue weighted by atomic mass is 9.80. The van der Waals surface area contributed by atoms with Crippen LogP contribution in [0.1, 0.15) is 31.2 Å². The van der Waals surface area contributed by atoms with Crippen LogP contribution >= 0.6 is 0 Å². The average molecular weight is 380 g/mol. The predicted octanol–water partition coefficient (Wildman–Crippen LogP) is 2.87. The van der Waals surface area contributed by atoms with Gasteiger partial charge in [0.15, 0.2) is 11.5 Å². The Morgan fingerprint density at radius 2 is 1.79 bits per heavy atom. The summed E-state index contributed by atoms with van der Waals surface area (Å²) in [7, 11) is 0. The van der Waals surface area contributed by atoms with Crippen LogP contribution in [0.25, 0.3) is 0 Å². The summed E-state index contributed by atoms with van der Waals surface area (Å²) in [6, 6.07) is 15.8. The quantitative estimate of drug-likeness (QED) is 0.854. The zero-order valence-electron chi connectivity index (χ0n) is 15.6. The highest BCUT2D eigenvalue weighted by molar-refractivity contribution is 5.92. The molecule has 2 aromatic carbocycles. The van der Waals surface area contributed by atoms with Gasteiger partial charge in [-0.25, -0.2) is 0 Å². The first-order valence-corrected chi connectivity index (χ1v) is 9.84. The van der Waals surface area contributed by atoms with E-state index in [0.29, 0.717) is 36.6 Å². The van der Waals surface area contributed by atoms with E-state index in [1.54, 1.807) is 6.07 Å². The number of carbonyl (C=O) groups is 1. The Labute approximate surface area is 164 Å². The van der Waals surface area contributed by atoms with Gasteiger partial charge in [-0.3, -0.25) is 9.69 Å². The van der Waals surface area contributed by atoms with E-state index in [2.05, 4.69) is 10.2 Å². The fourth-order valence-electron chi connectivity index (χ4n) is 4.90.